The maximum Gasteiger partial charge on any atom is 0.227 e. The van der Waals surface area contributed by atoms with Gasteiger partial charge < -0.3 is 10.6 Å². The Labute approximate surface area is 115 Å². The third-order valence-electron chi connectivity index (χ3n) is 3.00. The van der Waals surface area contributed by atoms with Gasteiger partial charge in [-0.15, -0.1) is 0 Å². The Morgan fingerprint density at radius 3 is 2.72 bits per heavy atom. The zero-order valence-electron chi connectivity index (χ0n) is 9.91. The molecular weight excluding hydrogens is 275 g/mol. The number of nitrogens with zero attached hydrogens (tertiary/aromatic N) is 2. The van der Waals surface area contributed by atoms with Gasteiger partial charge in [0.05, 0.1) is 0 Å². The van der Waals surface area contributed by atoms with Crippen LogP contribution < -0.4 is 10.6 Å². The summed E-state index contributed by atoms with van der Waals surface area (Å²) in [6, 6.07) is 0.340. The zero-order valence-corrected chi connectivity index (χ0v) is 11.4. The van der Waals surface area contributed by atoms with Gasteiger partial charge in [-0.3, -0.25) is 4.79 Å². The van der Waals surface area contributed by atoms with Gasteiger partial charge in [0.1, 0.15) is 12.0 Å². The lowest BCUT2D eigenvalue weighted by Crippen LogP contribution is -2.40. The van der Waals surface area contributed by atoms with E-state index in [-0.39, 0.29) is 27.8 Å². The molecule has 1 aromatic rings. The minimum atomic E-state index is -0.0815. The number of rotatable bonds is 2. The molecule has 5 nitrogen and oxygen atoms in total. The van der Waals surface area contributed by atoms with Crippen LogP contribution in [0.3, 0.4) is 0 Å². The van der Waals surface area contributed by atoms with Gasteiger partial charge in [0.15, 0.2) is 10.3 Å². The number of nitrogens with one attached hydrogen (secondary N) is 2. The number of aromatic nitrogens is 2. The van der Waals surface area contributed by atoms with Crippen molar-refractivity contribution in [3.05, 3.63) is 16.6 Å². The minimum Gasteiger partial charge on any atom is -0.321 e. The molecule has 2 heterocycles. The van der Waals surface area contributed by atoms with Crippen molar-refractivity contribution in [2.75, 3.05) is 11.9 Å². The maximum atomic E-state index is 12.1. The predicted molar refractivity (Wildman–Crippen MR) is 70.9 cm³/mol. The molecule has 0 radical (unpaired) electrons. The predicted octanol–water partition coefficient (Wildman–Crippen LogP) is 2.11. The molecule has 2 unspecified atom stereocenters. The first kappa shape index (κ1) is 13.5. The molecule has 2 N–H and O–H groups in total. The van der Waals surface area contributed by atoms with Crippen LogP contribution >= 0.6 is 23.2 Å². The van der Waals surface area contributed by atoms with E-state index in [9.17, 15) is 4.79 Å². The molecule has 0 bridgehead atoms. The van der Waals surface area contributed by atoms with Crippen molar-refractivity contribution < 1.29 is 4.79 Å². The van der Waals surface area contributed by atoms with E-state index in [1.54, 1.807) is 0 Å². The van der Waals surface area contributed by atoms with Crippen LogP contribution in [0.5, 0.6) is 0 Å². The SMILES string of the molecule is CC1CC(C(=O)Nc2c(Cl)ncnc2Cl)CCN1. The highest BCUT2D eigenvalue weighted by molar-refractivity contribution is 6.38. The van der Waals surface area contributed by atoms with Gasteiger partial charge in [0.2, 0.25) is 5.91 Å². The van der Waals surface area contributed by atoms with Crippen LogP contribution in [-0.2, 0) is 4.79 Å². The molecule has 1 saturated heterocycles. The maximum absolute atomic E-state index is 12.1. The first-order valence-corrected chi connectivity index (χ1v) is 6.53. The van der Waals surface area contributed by atoms with Crippen molar-refractivity contribution in [2.24, 2.45) is 5.92 Å². The lowest BCUT2D eigenvalue weighted by Gasteiger charge is -2.27. The lowest BCUT2D eigenvalue weighted by molar-refractivity contribution is -0.120. The second-order valence-corrected chi connectivity index (χ2v) is 5.11. The standard InChI is InChI=1S/C11H14Cl2N4O/c1-6-4-7(2-3-14-6)11(18)17-8-9(12)15-5-16-10(8)13/h5-7,14H,2-4H2,1H3,(H,17,18). The highest BCUT2D eigenvalue weighted by Gasteiger charge is 2.25. The Balaban J connectivity index is 2.07. The van der Waals surface area contributed by atoms with Crippen molar-refractivity contribution in [1.82, 2.24) is 15.3 Å². The molecule has 1 aromatic heterocycles. The first-order chi connectivity index (χ1) is 8.58. The molecule has 1 fully saturated rings. The van der Waals surface area contributed by atoms with Gasteiger partial charge in [-0.1, -0.05) is 23.2 Å². The summed E-state index contributed by atoms with van der Waals surface area (Å²) in [6.07, 6.45) is 2.86. The summed E-state index contributed by atoms with van der Waals surface area (Å²) in [5, 5.41) is 6.33. The number of piperidine rings is 1. The molecule has 0 aliphatic carbocycles. The average Bonchev–Trinajstić information content (AvgIpc) is 2.34. The Morgan fingerprint density at radius 2 is 2.11 bits per heavy atom. The molecule has 1 amide bonds. The lowest BCUT2D eigenvalue weighted by atomic mass is 9.92. The van der Waals surface area contributed by atoms with E-state index in [0.717, 1.165) is 19.4 Å². The fraction of sp³-hybridized carbons (Fsp3) is 0.545. The van der Waals surface area contributed by atoms with E-state index in [1.807, 2.05) is 0 Å². The topological polar surface area (TPSA) is 66.9 Å². The third kappa shape index (κ3) is 3.10. The van der Waals surface area contributed by atoms with Gasteiger partial charge in [-0.25, -0.2) is 9.97 Å². The number of hydrogen-bond donors (Lipinski definition) is 2. The quantitative estimate of drug-likeness (QED) is 0.818. The van der Waals surface area contributed by atoms with E-state index < -0.39 is 0 Å². The molecule has 2 atom stereocenters. The Kier molecular flexibility index (Phi) is 4.37. The van der Waals surface area contributed by atoms with Gasteiger partial charge in [-0.05, 0) is 26.3 Å². The van der Waals surface area contributed by atoms with Crippen LogP contribution in [0.25, 0.3) is 0 Å². The van der Waals surface area contributed by atoms with Crippen LogP contribution in [-0.4, -0.2) is 28.5 Å². The molecular formula is C11H14Cl2N4O. The van der Waals surface area contributed by atoms with Crippen molar-refractivity contribution in [2.45, 2.75) is 25.8 Å². The minimum absolute atomic E-state index is 0.0337. The number of hydrogen-bond acceptors (Lipinski definition) is 4. The summed E-state index contributed by atoms with van der Waals surface area (Å²) < 4.78 is 0. The van der Waals surface area contributed by atoms with E-state index in [0.29, 0.717) is 6.04 Å². The summed E-state index contributed by atoms with van der Waals surface area (Å²) in [5.41, 5.74) is 0.289. The molecule has 7 heteroatoms. The first-order valence-electron chi connectivity index (χ1n) is 5.78. The summed E-state index contributed by atoms with van der Waals surface area (Å²) >= 11 is 11.8. The highest BCUT2D eigenvalue weighted by atomic mass is 35.5. The number of halogens is 2. The van der Waals surface area contributed by atoms with Crippen LogP contribution in [0.1, 0.15) is 19.8 Å². The van der Waals surface area contributed by atoms with Gasteiger partial charge in [0.25, 0.3) is 0 Å². The molecule has 0 aromatic carbocycles. The Morgan fingerprint density at radius 1 is 1.44 bits per heavy atom. The monoisotopic (exact) mass is 288 g/mol. The van der Waals surface area contributed by atoms with E-state index in [2.05, 4.69) is 27.5 Å². The molecule has 18 heavy (non-hydrogen) atoms. The van der Waals surface area contributed by atoms with Crippen LogP contribution in [0, 0.1) is 5.92 Å². The van der Waals surface area contributed by atoms with Crippen LogP contribution in [0.2, 0.25) is 10.3 Å². The summed E-state index contributed by atoms with van der Waals surface area (Å²) in [4.78, 5) is 19.7. The van der Waals surface area contributed by atoms with Crippen LogP contribution in [0.4, 0.5) is 5.69 Å². The largest absolute Gasteiger partial charge is 0.321 e. The second-order valence-electron chi connectivity index (χ2n) is 4.40. The highest BCUT2D eigenvalue weighted by Crippen LogP contribution is 2.27. The molecule has 1 aliphatic rings. The zero-order chi connectivity index (χ0) is 13.1. The van der Waals surface area contributed by atoms with E-state index >= 15 is 0 Å². The summed E-state index contributed by atoms with van der Waals surface area (Å²) in [6.45, 7) is 2.90. The van der Waals surface area contributed by atoms with Crippen molar-refractivity contribution in [3.63, 3.8) is 0 Å². The molecule has 0 spiro atoms. The van der Waals surface area contributed by atoms with Crippen molar-refractivity contribution in [3.8, 4) is 0 Å². The number of amides is 1. The number of carbonyl (C=O) groups is 1. The molecule has 98 valence electrons. The smallest absolute Gasteiger partial charge is 0.227 e. The van der Waals surface area contributed by atoms with Gasteiger partial charge >= 0.3 is 0 Å². The molecule has 1 aliphatic heterocycles. The molecule has 2 rings (SSSR count). The third-order valence-corrected chi connectivity index (χ3v) is 3.57. The van der Waals surface area contributed by atoms with Crippen molar-refractivity contribution >= 4 is 34.8 Å². The normalized spacial score (nSPS) is 23.7. The number of carbonyl (C=O) groups excluding carboxylic acids is 1. The second kappa shape index (κ2) is 5.82. The Hall–Kier alpha value is -0.910. The van der Waals surface area contributed by atoms with Crippen LogP contribution in [0.15, 0.2) is 6.33 Å². The Bertz CT molecular complexity index is 434. The van der Waals surface area contributed by atoms with E-state index in [4.69, 9.17) is 23.2 Å². The van der Waals surface area contributed by atoms with Crippen molar-refractivity contribution in [1.29, 1.82) is 0 Å². The van der Waals surface area contributed by atoms with Gasteiger partial charge in [-0.2, -0.15) is 0 Å². The molecule has 0 saturated carbocycles. The summed E-state index contributed by atoms with van der Waals surface area (Å²) in [5.74, 6) is -0.115. The van der Waals surface area contributed by atoms with E-state index in [1.165, 1.54) is 6.33 Å². The van der Waals surface area contributed by atoms with Gasteiger partial charge in [0, 0.05) is 12.0 Å². The average molecular weight is 289 g/mol. The fourth-order valence-corrected chi connectivity index (χ4v) is 2.45. The number of anilines is 1. The summed E-state index contributed by atoms with van der Waals surface area (Å²) in [7, 11) is 0. The fourth-order valence-electron chi connectivity index (χ4n) is 2.04.